The molecule has 1 aromatic rings. The molecular formula is C12H18ClNO2S. The third-order valence-electron chi connectivity index (χ3n) is 2.25. The Kier molecular flexibility index (Phi) is 5.78. The molecule has 0 fully saturated rings. The van der Waals surface area contributed by atoms with E-state index in [0.29, 0.717) is 23.1 Å². The maximum atomic E-state index is 11.7. The first kappa shape index (κ1) is 14.3. The van der Waals surface area contributed by atoms with Crippen molar-refractivity contribution in [2.45, 2.75) is 25.6 Å². The Morgan fingerprint density at radius 3 is 2.82 bits per heavy atom. The van der Waals surface area contributed by atoms with E-state index in [4.69, 9.17) is 16.3 Å². The average molecular weight is 276 g/mol. The fourth-order valence-corrected chi connectivity index (χ4v) is 2.63. The summed E-state index contributed by atoms with van der Waals surface area (Å²) in [6.45, 7) is 4.72. The van der Waals surface area contributed by atoms with Crippen molar-refractivity contribution in [3.63, 3.8) is 0 Å². The van der Waals surface area contributed by atoms with Crippen molar-refractivity contribution in [3.05, 3.63) is 16.3 Å². The number of methoxy groups -OCH3 is 1. The van der Waals surface area contributed by atoms with Crippen LogP contribution in [0.3, 0.4) is 0 Å². The molecule has 1 aromatic heterocycles. The molecule has 1 heterocycles. The SMILES string of the molecule is COc1csc(C(=O)NCC(Cl)CC(C)C)c1. The van der Waals surface area contributed by atoms with Crippen LogP contribution in [0.15, 0.2) is 11.4 Å². The van der Waals surface area contributed by atoms with Crippen LogP contribution in [-0.4, -0.2) is 24.9 Å². The predicted octanol–water partition coefficient (Wildman–Crippen LogP) is 3.14. The van der Waals surface area contributed by atoms with Crippen molar-refractivity contribution in [3.8, 4) is 5.75 Å². The van der Waals surface area contributed by atoms with Crippen LogP contribution >= 0.6 is 22.9 Å². The molecule has 17 heavy (non-hydrogen) atoms. The number of amides is 1. The van der Waals surface area contributed by atoms with Crippen molar-refractivity contribution >= 4 is 28.8 Å². The lowest BCUT2D eigenvalue weighted by atomic mass is 10.1. The molecule has 0 saturated carbocycles. The first-order valence-corrected chi connectivity index (χ1v) is 6.89. The summed E-state index contributed by atoms with van der Waals surface area (Å²) >= 11 is 7.47. The molecule has 1 atom stereocenters. The maximum Gasteiger partial charge on any atom is 0.261 e. The lowest BCUT2D eigenvalue weighted by Gasteiger charge is -2.12. The molecule has 0 aromatic carbocycles. The molecule has 0 aliphatic rings. The minimum Gasteiger partial charge on any atom is -0.496 e. The fraction of sp³-hybridized carbons (Fsp3) is 0.583. The zero-order valence-electron chi connectivity index (χ0n) is 10.3. The molecule has 0 aliphatic carbocycles. The third-order valence-corrected chi connectivity index (χ3v) is 3.49. The zero-order chi connectivity index (χ0) is 12.8. The first-order valence-electron chi connectivity index (χ1n) is 5.57. The van der Waals surface area contributed by atoms with E-state index < -0.39 is 0 Å². The van der Waals surface area contributed by atoms with E-state index in [1.807, 2.05) is 0 Å². The Labute approximate surface area is 111 Å². The molecule has 0 saturated heterocycles. The van der Waals surface area contributed by atoms with Gasteiger partial charge in [0.15, 0.2) is 0 Å². The van der Waals surface area contributed by atoms with Gasteiger partial charge in [-0.2, -0.15) is 0 Å². The minimum atomic E-state index is -0.0901. The van der Waals surface area contributed by atoms with Crippen LogP contribution in [0.5, 0.6) is 5.75 Å². The average Bonchev–Trinajstić information content (AvgIpc) is 2.73. The standard InChI is InChI=1S/C12H18ClNO2S/c1-8(2)4-9(13)6-14-12(15)11-5-10(16-3)7-17-11/h5,7-9H,4,6H2,1-3H3,(H,14,15). The topological polar surface area (TPSA) is 38.3 Å². The molecule has 96 valence electrons. The number of alkyl halides is 1. The van der Waals surface area contributed by atoms with Gasteiger partial charge in [-0.1, -0.05) is 13.8 Å². The summed E-state index contributed by atoms with van der Waals surface area (Å²) in [5.41, 5.74) is 0. The minimum absolute atomic E-state index is 0.0131. The van der Waals surface area contributed by atoms with Crippen LogP contribution in [0.25, 0.3) is 0 Å². The van der Waals surface area contributed by atoms with E-state index in [1.54, 1.807) is 18.6 Å². The van der Waals surface area contributed by atoms with Crippen LogP contribution in [-0.2, 0) is 0 Å². The molecule has 0 bridgehead atoms. The number of carbonyl (C=O) groups excluding carboxylic acids is 1. The van der Waals surface area contributed by atoms with Crippen LogP contribution < -0.4 is 10.1 Å². The Morgan fingerprint density at radius 2 is 2.29 bits per heavy atom. The second-order valence-electron chi connectivity index (χ2n) is 4.29. The number of rotatable bonds is 6. The van der Waals surface area contributed by atoms with E-state index in [0.717, 1.165) is 6.42 Å². The number of carbonyl (C=O) groups is 1. The van der Waals surface area contributed by atoms with Crippen LogP contribution in [0.1, 0.15) is 29.9 Å². The molecule has 1 rings (SSSR count). The molecule has 0 aliphatic heterocycles. The van der Waals surface area contributed by atoms with Gasteiger partial charge in [-0.15, -0.1) is 22.9 Å². The van der Waals surface area contributed by atoms with Gasteiger partial charge in [0.2, 0.25) is 0 Å². The summed E-state index contributed by atoms with van der Waals surface area (Å²) in [6, 6.07) is 1.73. The quantitative estimate of drug-likeness (QED) is 0.810. The van der Waals surface area contributed by atoms with Crippen molar-refractivity contribution in [2.24, 2.45) is 5.92 Å². The molecule has 0 radical (unpaired) electrons. The lowest BCUT2D eigenvalue weighted by Crippen LogP contribution is -2.29. The maximum absolute atomic E-state index is 11.7. The van der Waals surface area contributed by atoms with Gasteiger partial charge in [-0.3, -0.25) is 4.79 Å². The Morgan fingerprint density at radius 1 is 1.59 bits per heavy atom. The summed E-state index contributed by atoms with van der Waals surface area (Å²) in [5, 5.41) is 4.62. The monoisotopic (exact) mass is 275 g/mol. The molecule has 3 nitrogen and oxygen atoms in total. The molecule has 5 heteroatoms. The molecule has 1 N–H and O–H groups in total. The number of hydrogen-bond donors (Lipinski definition) is 1. The summed E-state index contributed by atoms with van der Waals surface area (Å²) in [6.07, 6.45) is 0.898. The highest BCUT2D eigenvalue weighted by Gasteiger charge is 2.12. The van der Waals surface area contributed by atoms with Crippen molar-refractivity contribution < 1.29 is 9.53 Å². The van der Waals surface area contributed by atoms with E-state index in [2.05, 4.69) is 19.2 Å². The Bertz CT molecular complexity index is 365. The number of thiophene rings is 1. The van der Waals surface area contributed by atoms with Gasteiger partial charge in [-0.25, -0.2) is 0 Å². The van der Waals surface area contributed by atoms with Crippen LogP contribution in [0.4, 0.5) is 0 Å². The summed E-state index contributed by atoms with van der Waals surface area (Å²) in [5.74, 6) is 1.16. The first-order chi connectivity index (χ1) is 8.02. The van der Waals surface area contributed by atoms with E-state index in [-0.39, 0.29) is 11.3 Å². The van der Waals surface area contributed by atoms with Crippen LogP contribution in [0, 0.1) is 5.92 Å². The van der Waals surface area contributed by atoms with Gasteiger partial charge in [0, 0.05) is 18.0 Å². The van der Waals surface area contributed by atoms with Gasteiger partial charge in [0.05, 0.1) is 17.4 Å². The second kappa shape index (κ2) is 6.87. The largest absolute Gasteiger partial charge is 0.496 e. The van der Waals surface area contributed by atoms with E-state index in [9.17, 15) is 4.79 Å². The highest BCUT2D eigenvalue weighted by molar-refractivity contribution is 7.12. The van der Waals surface area contributed by atoms with Gasteiger partial charge >= 0.3 is 0 Å². The van der Waals surface area contributed by atoms with Crippen molar-refractivity contribution in [2.75, 3.05) is 13.7 Å². The zero-order valence-corrected chi connectivity index (χ0v) is 11.9. The van der Waals surface area contributed by atoms with Gasteiger partial charge in [0.1, 0.15) is 5.75 Å². The Hall–Kier alpha value is -0.740. The number of nitrogens with one attached hydrogen (secondary N) is 1. The molecule has 0 spiro atoms. The highest BCUT2D eigenvalue weighted by atomic mass is 35.5. The smallest absolute Gasteiger partial charge is 0.261 e. The van der Waals surface area contributed by atoms with Gasteiger partial charge in [0.25, 0.3) is 5.91 Å². The Balaban J connectivity index is 2.39. The predicted molar refractivity (Wildman–Crippen MR) is 72.3 cm³/mol. The molecule has 1 amide bonds. The highest BCUT2D eigenvalue weighted by Crippen LogP contribution is 2.20. The van der Waals surface area contributed by atoms with E-state index >= 15 is 0 Å². The number of ether oxygens (including phenoxy) is 1. The summed E-state index contributed by atoms with van der Waals surface area (Å²) < 4.78 is 5.03. The molecular weight excluding hydrogens is 258 g/mol. The second-order valence-corrected chi connectivity index (χ2v) is 5.82. The van der Waals surface area contributed by atoms with E-state index in [1.165, 1.54) is 11.3 Å². The molecule has 1 unspecified atom stereocenters. The number of hydrogen-bond acceptors (Lipinski definition) is 3. The third kappa shape index (κ3) is 4.96. The van der Waals surface area contributed by atoms with Crippen molar-refractivity contribution in [1.29, 1.82) is 0 Å². The normalized spacial score (nSPS) is 12.5. The van der Waals surface area contributed by atoms with Crippen LogP contribution in [0.2, 0.25) is 0 Å². The summed E-state index contributed by atoms with van der Waals surface area (Å²) in [7, 11) is 1.58. The van der Waals surface area contributed by atoms with Crippen molar-refractivity contribution in [1.82, 2.24) is 5.32 Å². The van der Waals surface area contributed by atoms with Gasteiger partial charge < -0.3 is 10.1 Å². The fourth-order valence-electron chi connectivity index (χ4n) is 1.43. The lowest BCUT2D eigenvalue weighted by molar-refractivity contribution is 0.0956. The van der Waals surface area contributed by atoms with Gasteiger partial charge in [-0.05, 0) is 12.3 Å². The summed E-state index contributed by atoms with van der Waals surface area (Å²) in [4.78, 5) is 12.4. The number of halogens is 1.